The van der Waals surface area contributed by atoms with E-state index in [1.165, 1.54) is 0 Å². The van der Waals surface area contributed by atoms with Crippen LogP contribution in [0.15, 0.2) is 12.1 Å². The average molecular weight is 401 g/mol. The topological polar surface area (TPSA) is 114 Å². The molecular weight excluding hydrogens is 376 g/mol. The molecule has 9 heteroatoms. The maximum absolute atomic E-state index is 12.1. The van der Waals surface area contributed by atoms with Crippen molar-refractivity contribution in [1.29, 1.82) is 0 Å². The number of carboxylic acids is 1. The van der Waals surface area contributed by atoms with Crippen molar-refractivity contribution in [3.8, 4) is 0 Å². The molecule has 0 aliphatic rings. The van der Waals surface area contributed by atoms with Gasteiger partial charge in [-0.15, -0.1) is 0 Å². The van der Waals surface area contributed by atoms with Crippen LogP contribution in [-0.4, -0.2) is 41.9 Å². The molecule has 0 saturated heterocycles. The second-order valence-corrected chi connectivity index (χ2v) is 7.02. The lowest BCUT2D eigenvalue weighted by atomic mass is 10.1. The number of nitrogens with one attached hydrogen (secondary N) is 2. The van der Waals surface area contributed by atoms with Crippen molar-refractivity contribution in [3.63, 3.8) is 0 Å². The zero-order chi connectivity index (χ0) is 20.6. The first-order valence-electron chi connectivity index (χ1n) is 8.46. The third kappa shape index (κ3) is 8.17. The van der Waals surface area contributed by atoms with E-state index in [0.717, 1.165) is 0 Å². The minimum absolute atomic E-state index is 0.103. The number of aliphatic carboxylic acids is 1. The average Bonchev–Trinajstić information content (AvgIpc) is 2.53. The number of hydrogen-bond donors (Lipinski definition) is 3. The van der Waals surface area contributed by atoms with Gasteiger partial charge in [0.15, 0.2) is 0 Å². The Morgan fingerprint density at radius 1 is 1.22 bits per heavy atom. The summed E-state index contributed by atoms with van der Waals surface area (Å²) in [4.78, 5) is 34.5. The van der Waals surface area contributed by atoms with E-state index in [-0.39, 0.29) is 36.7 Å². The first kappa shape index (κ1) is 22.6. The van der Waals surface area contributed by atoms with Crippen LogP contribution in [0, 0.1) is 0 Å². The number of anilines is 2. The van der Waals surface area contributed by atoms with Gasteiger partial charge >= 0.3 is 18.0 Å². The van der Waals surface area contributed by atoms with Crippen LogP contribution in [-0.2, 0) is 25.5 Å². The van der Waals surface area contributed by atoms with Crippen LogP contribution in [0.1, 0.15) is 39.7 Å². The first-order valence-corrected chi connectivity index (χ1v) is 8.84. The van der Waals surface area contributed by atoms with E-state index in [4.69, 9.17) is 26.2 Å². The highest BCUT2D eigenvalue weighted by Crippen LogP contribution is 2.34. The summed E-state index contributed by atoms with van der Waals surface area (Å²) in [6.07, 6.45) is -0.684. The first-order chi connectivity index (χ1) is 12.5. The van der Waals surface area contributed by atoms with Gasteiger partial charge in [-0.3, -0.25) is 14.9 Å². The summed E-state index contributed by atoms with van der Waals surface area (Å²) in [6, 6.07) is 3.24. The molecular formula is C18H25ClN2O6. The van der Waals surface area contributed by atoms with E-state index in [0.29, 0.717) is 11.3 Å². The van der Waals surface area contributed by atoms with Crippen LogP contribution in [0.3, 0.4) is 0 Å². The van der Waals surface area contributed by atoms with Gasteiger partial charge in [0, 0.05) is 6.42 Å². The Bertz CT molecular complexity index is 700. The molecule has 0 fully saturated rings. The molecule has 0 saturated carbocycles. The predicted molar refractivity (Wildman–Crippen MR) is 102 cm³/mol. The number of carbonyl (C=O) groups excluding carboxylic acids is 2. The molecule has 0 bridgehead atoms. The van der Waals surface area contributed by atoms with Gasteiger partial charge in [0.2, 0.25) is 0 Å². The number of hydrogen-bond acceptors (Lipinski definition) is 6. The minimum Gasteiger partial charge on any atom is -0.481 e. The van der Waals surface area contributed by atoms with Crippen molar-refractivity contribution in [2.75, 3.05) is 23.8 Å². The Hall–Kier alpha value is -2.48. The number of rotatable bonds is 8. The van der Waals surface area contributed by atoms with E-state index in [1.807, 2.05) is 0 Å². The molecule has 0 unspecified atom stereocenters. The number of esters is 1. The lowest BCUT2D eigenvalue weighted by Crippen LogP contribution is -2.27. The zero-order valence-corrected chi connectivity index (χ0v) is 16.6. The van der Waals surface area contributed by atoms with Crippen LogP contribution in [0.5, 0.6) is 0 Å². The summed E-state index contributed by atoms with van der Waals surface area (Å²) in [6.45, 7) is 7.01. The minimum atomic E-state index is -0.973. The Balaban J connectivity index is 3.07. The highest BCUT2D eigenvalue weighted by molar-refractivity contribution is 6.36. The number of amides is 1. The standard InChI is InChI=1S/C18H25ClN2O6/c1-5-26-14(24)10-20-12-8-6-11(7-9-13(22)23)16(15(12)19)21-17(25)27-18(2,3)4/h6,8,20H,5,7,9-10H2,1-4H3,(H,21,25)(H,22,23). The molecule has 3 N–H and O–H groups in total. The quantitative estimate of drug-likeness (QED) is 0.570. The van der Waals surface area contributed by atoms with Crippen molar-refractivity contribution in [3.05, 3.63) is 22.7 Å². The van der Waals surface area contributed by atoms with Crippen LogP contribution < -0.4 is 10.6 Å². The summed E-state index contributed by atoms with van der Waals surface area (Å²) in [5.41, 5.74) is 0.461. The molecule has 0 aliphatic heterocycles. The lowest BCUT2D eigenvalue weighted by molar-refractivity contribution is -0.141. The molecule has 0 spiro atoms. The highest BCUT2D eigenvalue weighted by Gasteiger charge is 2.20. The summed E-state index contributed by atoms with van der Waals surface area (Å²) in [5, 5.41) is 14.5. The van der Waals surface area contributed by atoms with E-state index >= 15 is 0 Å². The van der Waals surface area contributed by atoms with Gasteiger partial charge in [0.1, 0.15) is 12.1 Å². The largest absolute Gasteiger partial charge is 0.481 e. The number of carboxylic acid groups (broad SMARTS) is 1. The van der Waals surface area contributed by atoms with Gasteiger partial charge in [-0.25, -0.2) is 4.79 Å². The Kier molecular flexibility index (Phi) is 8.36. The fraction of sp³-hybridized carbons (Fsp3) is 0.500. The molecule has 150 valence electrons. The zero-order valence-electron chi connectivity index (χ0n) is 15.8. The van der Waals surface area contributed by atoms with Crippen molar-refractivity contribution >= 4 is 41.0 Å². The molecule has 1 aromatic rings. The third-order valence-corrected chi connectivity index (χ3v) is 3.58. The van der Waals surface area contributed by atoms with Gasteiger partial charge < -0.3 is 19.9 Å². The summed E-state index contributed by atoms with van der Waals surface area (Å²) in [7, 11) is 0. The van der Waals surface area contributed by atoms with Gasteiger partial charge in [-0.05, 0) is 45.7 Å². The SMILES string of the molecule is CCOC(=O)CNc1ccc(CCC(=O)O)c(NC(=O)OC(C)(C)C)c1Cl. The molecule has 0 aliphatic carbocycles. The van der Waals surface area contributed by atoms with Crippen molar-refractivity contribution in [1.82, 2.24) is 0 Å². The highest BCUT2D eigenvalue weighted by atomic mass is 35.5. The molecule has 1 aromatic carbocycles. The Labute approximate surface area is 163 Å². The molecule has 8 nitrogen and oxygen atoms in total. The second-order valence-electron chi connectivity index (χ2n) is 6.64. The van der Waals surface area contributed by atoms with Crippen LogP contribution in [0.25, 0.3) is 0 Å². The molecule has 0 heterocycles. The maximum Gasteiger partial charge on any atom is 0.412 e. The molecule has 0 aromatic heterocycles. The lowest BCUT2D eigenvalue weighted by Gasteiger charge is -2.21. The van der Waals surface area contributed by atoms with Crippen LogP contribution >= 0.6 is 11.6 Å². The smallest absolute Gasteiger partial charge is 0.412 e. The molecule has 1 rings (SSSR count). The summed E-state index contributed by atoms with van der Waals surface area (Å²) < 4.78 is 10.1. The van der Waals surface area contributed by atoms with Crippen LogP contribution in [0.4, 0.5) is 16.2 Å². The van der Waals surface area contributed by atoms with Gasteiger partial charge in [0.05, 0.1) is 23.0 Å². The Morgan fingerprint density at radius 2 is 1.89 bits per heavy atom. The van der Waals surface area contributed by atoms with Crippen molar-refractivity contribution in [2.24, 2.45) is 0 Å². The third-order valence-electron chi connectivity index (χ3n) is 3.19. The number of aryl methyl sites for hydroxylation is 1. The number of ether oxygens (including phenoxy) is 2. The summed E-state index contributed by atoms with van der Waals surface area (Å²) >= 11 is 6.37. The van der Waals surface area contributed by atoms with Gasteiger partial charge in [-0.1, -0.05) is 17.7 Å². The molecule has 0 atom stereocenters. The van der Waals surface area contributed by atoms with Crippen molar-refractivity contribution < 1.29 is 29.0 Å². The fourth-order valence-corrected chi connectivity index (χ4v) is 2.42. The van der Waals surface area contributed by atoms with Gasteiger partial charge in [-0.2, -0.15) is 0 Å². The fourth-order valence-electron chi connectivity index (χ4n) is 2.12. The van der Waals surface area contributed by atoms with Crippen LogP contribution in [0.2, 0.25) is 5.02 Å². The molecule has 27 heavy (non-hydrogen) atoms. The Morgan fingerprint density at radius 3 is 2.44 bits per heavy atom. The maximum atomic E-state index is 12.1. The predicted octanol–water partition coefficient (Wildman–Crippen LogP) is 3.68. The van der Waals surface area contributed by atoms with Crippen molar-refractivity contribution in [2.45, 2.75) is 46.1 Å². The van der Waals surface area contributed by atoms with E-state index in [2.05, 4.69) is 10.6 Å². The number of carbonyl (C=O) groups is 3. The second kappa shape index (κ2) is 10.0. The molecule has 0 radical (unpaired) electrons. The van der Waals surface area contributed by atoms with E-state index in [9.17, 15) is 14.4 Å². The van der Waals surface area contributed by atoms with Gasteiger partial charge in [0.25, 0.3) is 0 Å². The normalized spacial score (nSPS) is 10.9. The monoisotopic (exact) mass is 400 g/mol. The molecule has 1 amide bonds. The van der Waals surface area contributed by atoms with E-state index < -0.39 is 23.6 Å². The number of benzene rings is 1. The van der Waals surface area contributed by atoms with E-state index in [1.54, 1.807) is 39.8 Å². The number of halogens is 1. The summed E-state index contributed by atoms with van der Waals surface area (Å²) in [5.74, 6) is -1.43.